The first-order valence-corrected chi connectivity index (χ1v) is 12.2. The molecule has 3 aromatic carbocycles. The van der Waals surface area contributed by atoms with Gasteiger partial charge in [0.1, 0.15) is 23.3 Å². The Morgan fingerprint density at radius 3 is 2.64 bits per heavy atom. The fraction of sp³-hybridized carbons (Fsp3) is 0.222. The monoisotopic (exact) mass is 459 g/mol. The third kappa shape index (κ3) is 6.26. The quantitative estimate of drug-likeness (QED) is 0.337. The minimum atomic E-state index is -1.23. The van der Waals surface area contributed by atoms with Crippen LogP contribution in [0.15, 0.2) is 96.2 Å². The van der Waals surface area contributed by atoms with Gasteiger partial charge in [-0.15, -0.1) is 0 Å². The molecule has 1 heterocycles. The minimum Gasteiger partial charge on any atom is -0.492 e. The van der Waals surface area contributed by atoms with Crippen LogP contribution in [-0.2, 0) is 17.4 Å². The number of ether oxygens (including phenoxy) is 1. The zero-order chi connectivity index (χ0) is 22.9. The Morgan fingerprint density at radius 1 is 0.939 bits per heavy atom. The molecule has 1 N–H and O–H groups in total. The van der Waals surface area contributed by atoms with Crippen LogP contribution in [0.3, 0.4) is 0 Å². The van der Waals surface area contributed by atoms with Crippen LogP contribution in [0, 0.1) is 0 Å². The summed E-state index contributed by atoms with van der Waals surface area (Å²) in [5.41, 5.74) is 2.45. The van der Waals surface area contributed by atoms with Gasteiger partial charge in [0.2, 0.25) is 0 Å². The molecule has 4 aromatic rings. The van der Waals surface area contributed by atoms with Crippen molar-refractivity contribution in [3.05, 3.63) is 102 Å². The molecule has 0 fully saturated rings. The lowest BCUT2D eigenvalue weighted by atomic mass is 10.0. The number of nitrogens with one attached hydrogen (secondary N) is 1. The van der Waals surface area contributed by atoms with Crippen LogP contribution in [0.1, 0.15) is 11.1 Å². The molecule has 0 radical (unpaired) electrons. The maximum absolute atomic E-state index is 13.0. The summed E-state index contributed by atoms with van der Waals surface area (Å²) in [5, 5.41) is 5.37. The Morgan fingerprint density at radius 2 is 1.76 bits per heavy atom. The molecule has 0 bridgehead atoms. The topological polar surface area (TPSA) is 54.5 Å². The molecule has 1 atom stereocenters. The SMILES string of the molecule is CN(CCNCCOc1ccccc1Cc1ccccc1)S(=O)c1cccc2cnccc12. The van der Waals surface area contributed by atoms with Gasteiger partial charge in [0.15, 0.2) is 0 Å². The Bertz CT molecular complexity index is 1190. The minimum absolute atomic E-state index is 0.578. The molecule has 0 aliphatic heterocycles. The van der Waals surface area contributed by atoms with Crippen molar-refractivity contribution in [2.75, 3.05) is 33.3 Å². The van der Waals surface area contributed by atoms with Crippen molar-refractivity contribution in [3.63, 3.8) is 0 Å². The number of rotatable bonds is 11. The summed E-state index contributed by atoms with van der Waals surface area (Å²) in [5.74, 6) is 0.923. The number of likely N-dealkylation sites (N-methyl/N-ethyl adjacent to an activating group) is 1. The van der Waals surface area contributed by atoms with E-state index in [1.807, 2.05) is 59.9 Å². The van der Waals surface area contributed by atoms with E-state index in [9.17, 15) is 4.21 Å². The molecule has 33 heavy (non-hydrogen) atoms. The van der Waals surface area contributed by atoms with Gasteiger partial charge in [-0.05, 0) is 29.3 Å². The summed E-state index contributed by atoms with van der Waals surface area (Å²) in [6, 6.07) is 26.4. The predicted molar refractivity (Wildman–Crippen MR) is 135 cm³/mol. The first-order chi connectivity index (χ1) is 16.2. The molecule has 0 saturated heterocycles. The maximum Gasteiger partial charge on any atom is 0.128 e. The third-order valence-electron chi connectivity index (χ3n) is 5.46. The maximum atomic E-state index is 13.0. The van der Waals surface area contributed by atoms with Gasteiger partial charge in [-0.2, -0.15) is 0 Å². The number of pyridine rings is 1. The lowest BCUT2D eigenvalue weighted by Gasteiger charge is -2.17. The van der Waals surface area contributed by atoms with E-state index in [2.05, 4.69) is 40.6 Å². The average Bonchev–Trinajstić information content (AvgIpc) is 2.86. The summed E-state index contributed by atoms with van der Waals surface area (Å²) >= 11 is 0. The van der Waals surface area contributed by atoms with Crippen molar-refractivity contribution in [1.82, 2.24) is 14.6 Å². The Labute approximate surface area is 198 Å². The first-order valence-electron chi connectivity index (χ1n) is 11.1. The number of hydrogen-bond donors (Lipinski definition) is 1. The summed E-state index contributed by atoms with van der Waals surface area (Å²) in [7, 11) is 0.655. The van der Waals surface area contributed by atoms with Crippen molar-refractivity contribution in [2.24, 2.45) is 0 Å². The first kappa shape index (κ1) is 23.1. The summed E-state index contributed by atoms with van der Waals surface area (Å²) in [4.78, 5) is 4.97. The van der Waals surface area contributed by atoms with E-state index in [1.54, 1.807) is 12.4 Å². The van der Waals surface area contributed by atoms with Gasteiger partial charge in [-0.1, -0.05) is 60.7 Å². The number of benzene rings is 3. The molecule has 170 valence electrons. The highest BCUT2D eigenvalue weighted by Crippen LogP contribution is 2.22. The number of fused-ring (bicyclic) bond motifs is 1. The number of para-hydroxylation sites is 1. The van der Waals surface area contributed by atoms with E-state index < -0.39 is 11.0 Å². The predicted octanol–water partition coefficient (Wildman–Crippen LogP) is 4.45. The zero-order valence-electron chi connectivity index (χ0n) is 18.8. The van der Waals surface area contributed by atoms with E-state index >= 15 is 0 Å². The van der Waals surface area contributed by atoms with Gasteiger partial charge < -0.3 is 10.1 Å². The van der Waals surface area contributed by atoms with E-state index in [4.69, 9.17) is 4.74 Å². The molecule has 0 aliphatic rings. The second-order valence-electron chi connectivity index (χ2n) is 7.82. The van der Waals surface area contributed by atoms with Crippen LogP contribution in [-0.4, -0.2) is 46.8 Å². The molecular formula is C27H29N3O2S. The number of aromatic nitrogens is 1. The highest BCUT2D eigenvalue weighted by Gasteiger charge is 2.13. The van der Waals surface area contributed by atoms with E-state index in [1.165, 1.54) is 11.1 Å². The smallest absolute Gasteiger partial charge is 0.128 e. The van der Waals surface area contributed by atoms with Crippen LogP contribution < -0.4 is 10.1 Å². The van der Waals surface area contributed by atoms with Gasteiger partial charge in [0, 0.05) is 56.3 Å². The number of hydrogen-bond acceptors (Lipinski definition) is 4. The standard InChI is InChI=1S/C27H29N3O2S/c1-30(33(31)27-13-7-11-24-21-29-15-14-25(24)27)18-16-28-17-19-32-26-12-6-5-10-23(26)20-22-8-3-2-4-9-22/h2-15,21,28H,16-20H2,1H3. The van der Waals surface area contributed by atoms with Crippen molar-refractivity contribution in [3.8, 4) is 5.75 Å². The molecule has 1 aromatic heterocycles. The third-order valence-corrected chi connectivity index (χ3v) is 6.94. The fourth-order valence-electron chi connectivity index (χ4n) is 3.70. The van der Waals surface area contributed by atoms with Crippen LogP contribution in [0.2, 0.25) is 0 Å². The molecule has 6 heteroatoms. The summed E-state index contributed by atoms with van der Waals surface area (Å²) in [6.45, 7) is 2.69. The average molecular weight is 460 g/mol. The van der Waals surface area contributed by atoms with Gasteiger partial charge in [0.05, 0.1) is 4.90 Å². The number of nitrogens with zero attached hydrogens (tertiary/aromatic N) is 2. The van der Waals surface area contributed by atoms with Crippen molar-refractivity contribution < 1.29 is 8.95 Å². The lowest BCUT2D eigenvalue weighted by Crippen LogP contribution is -2.32. The van der Waals surface area contributed by atoms with Gasteiger partial charge >= 0.3 is 0 Å². The second kappa shape index (κ2) is 11.7. The highest BCUT2D eigenvalue weighted by molar-refractivity contribution is 7.82. The van der Waals surface area contributed by atoms with Crippen LogP contribution in [0.4, 0.5) is 0 Å². The van der Waals surface area contributed by atoms with Crippen LogP contribution in [0.25, 0.3) is 10.8 Å². The highest BCUT2D eigenvalue weighted by atomic mass is 32.2. The Hall–Kier alpha value is -3.06. The molecule has 0 amide bonds. The van der Waals surface area contributed by atoms with Gasteiger partial charge in [-0.25, -0.2) is 8.51 Å². The molecule has 0 spiro atoms. The van der Waals surface area contributed by atoms with Crippen LogP contribution in [0.5, 0.6) is 5.75 Å². The van der Waals surface area contributed by atoms with E-state index in [-0.39, 0.29) is 0 Å². The summed E-state index contributed by atoms with van der Waals surface area (Å²) < 4.78 is 20.9. The molecule has 0 aliphatic carbocycles. The molecule has 1 unspecified atom stereocenters. The zero-order valence-corrected chi connectivity index (χ0v) is 19.6. The van der Waals surface area contributed by atoms with E-state index in [0.29, 0.717) is 13.2 Å². The normalized spacial score (nSPS) is 12.2. The Balaban J connectivity index is 1.22. The largest absolute Gasteiger partial charge is 0.492 e. The molecular weight excluding hydrogens is 430 g/mol. The van der Waals surface area contributed by atoms with Crippen LogP contribution >= 0.6 is 0 Å². The fourth-order valence-corrected chi connectivity index (χ4v) is 4.86. The van der Waals surface area contributed by atoms with Crippen molar-refractivity contribution in [2.45, 2.75) is 11.3 Å². The molecule has 4 rings (SSSR count). The van der Waals surface area contributed by atoms with Crippen molar-refractivity contribution >= 4 is 21.8 Å². The second-order valence-corrected chi connectivity index (χ2v) is 9.38. The molecule has 5 nitrogen and oxygen atoms in total. The Kier molecular flexibility index (Phi) is 8.19. The summed E-state index contributed by atoms with van der Waals surface area (Å²) in [6.07, 6.45) is 4.39. The van der Waals surface area contributed by atoms with Gasteiger partial charge in [0.25, 0.3) is 0 Å². The van der Waals surface area contributed by atoms with Crippen molar-refractivity contribution in [1.29, 1.82) is 0 Å². The lowest BCUT2D eigenvalue weighted by molar-refractivity contribution is 0.310. The molecule has 0 saturated carbocycles. The van der Waals surface area contributed by atoms with Gasteiger partial charge in [-0.3, -0.25) is 4.98 Å². The van der Waals surface area contributed by atoms with E-state index in [0.717, 1.165) is 40.9 Å².